The number of carbonyl (C=O) groups is 1. The van der Waals surface area contributed by atoms with Crippen molar-refractivity contribution in [2.24, 2.45) is 0 Å². The molecule has 0 spiro atoms. The Morgan fingerprint density at radius 1 is 1.10 bits per heavy atom. The number of benzene rings is 1. The summed E-state index contributed by atoms with van der Waals surface area (Å²) in [5.41, 5.74) is 0. The first-order valence-corrected chi connectivity index (χ1v) is 11.3. The van der Waals surface area contributed by atoms with Crippen LogP contribution in [0.15, 0.2) is 48.7 Å². The molecule has 8 nitrogen and oxygen atoms in total. The third-order valence-corrected chi connectivity index (χ3v) is 6.65. The van der Waals surface area contributed by atoms with E-state index < -0.39 is 10.0 Å². The van der Waals surface area contributed by atoms with Gasteiger partial charge in [0, 0.05) is 38.9 Å². The molecule has 10 heteroatoms. The maximum Gasteiger partial charge on any atom is 0.257 e. The SMILES string of the molecule is O=C(COc1ccc(F)cc1)NCCCS(=O)(=O)N1CCN(c2ccccn2)CC1. The molecule has 3 rings (SSSR count). The second kappa shape index (κ2) is 10.4. The molecule has 0 bridgehead atoms. The van der Waals surface area contributed by atoms with Gasteiger partial charge in [-0.1, -0.05) is 6.07 Å². The van der Waals surface area contributed by atoms with Crippen LogP contribution >= 0.6 is 0 Å². The zero-order chi connectivity index (χ0) is 21.4. The summed E-state index contributed by atoms with van der Waals surface area (Å²) in [6, 6.07) is 11.0. The number of hydrogen-bond donors (Lipinski definition) is 1. The first-order chi connectivity index (χ1) is 14.4. The molecule has 1 aromatic carbocycles. The number of amides is 1. The first-order valence-electron chi connectivity index (χ1n) is 9.73. The predicted molar refractivity (Wildman–Crippen MR) is 111 cm³/mol. The number of nitrogens with one attached hydrogen (secondary N) is 1. The highest BCUT2D eigenvalue weighted by Gasteiger charge is 2.26. The Morgan fingerprint density at radius 3 is 2.50 bits per heavy atom. The van der Waals surface area contributed by atoms with Crippen molar-refractivity contribution in [2.75, 3.05) is 50.0 Å². The number of hydrogen-bond acceptors (Lipinski definition) is 6. The lowest BCUT2D eigenvalue weighted by Crippen LogP contribution is -2.49. The molecule has 162 valence electrons. The van der Waals surface area contributed by atoms with Gasteiger partial charge in [-0.2, -0.15) is 4.31 Å². The average molecular weight is 437 g/mol. The Balaban J connectivity index is 1.34. The monoisotopic (exact) mass is 436 g/mol. The number of piperazine rings is 1. The molecule has 1 saturated heterocycles. The highest BCUT2D eigenvalue weighted by molar-refractivity contribution is 7.89. The van der Waals surface area contributed by atoms with Crippen LogP contribution < -0.4 is 15.0 Å². The zero-order valence-electron chi connectivity index (χ0n) is 16.5. The van der Waals surface area contributed by atoms with E-state index in [1.807, 2.05) is 18.2 Å². The van der Waals surface area contributed by atoms with Crippen LogP contribution in [-0.4, -0.2) is 68.7 Å². The second-order valence-electron chi connectivity index (χ2n) is 6.84. The van der Waals surface area contributed by atoms with E-state index in [1.165, 1.54) is 28.6 Å². The van der Waals surface area contributed by atoms with Crippen LogP contribution in [0.2, 0.25) is 0 Å². The van der Waals surface area contributed by atoms with Crippen molar-refractivity contribution in [3.63, 3.8) is 0 Å². The minimum atomic E-state index is -3.38. The summed E-state index contributed by atoms with van der Waals surface area (Å²) in [4.78, 5) is 18.2. The first kappa shape index (κ1) is 22.0. The maximum atomic E-state index is 12.8. The molecule has 30 heavy (non-hydrogen) atoms. The van der Waals surface area contributed by atoms with E-state index in [1.54, 1.807) is 6.20 Å². The van der Waals surface area contributed by atoms with Gasteiger partial charge in [0.1, 0.15) is 17.4 Å². The van der Waals surface area contributed by atoms with Crippen molar-refractivity contribution in [3.05, 3.63) is 54.5 Å². The molecule has 1 fully saturated rings. The number of pyridine rings is 1. The van der Waals surface area contributed by atoms with Crippen LogP contribution in [0.3, 0.4) is 0 Å². The van der Waals surface area contributed by atoms with Gasteiger partial charge in [-0.3, -0.25) is 4.79 Å². The minimum Gasteiger partial charge on any atom is -0.484 e. The van der Waals surface area contributed by atoms with Gasteiger partial charge in [0.2, 0.25) is 10.0 Å². The molecule has 2 aromatic rings. The predicted octanol–water partition coefficient (Wildman–Crippen LogP) is 1.26. The molecule has 0 atom stereocenters. The molecule has 0 radical (unpaired) electrons. The van der Waals surface area contributed by atoms with Crippen molar-refractivity contribution in [2.45, 2.75) is 6.42 Å². The fourth-order valence-corrected chi connectivity index (χ4v) is 4.57. The highest BCUT2D eigenvalue weighted by atomic mass is 32.2. The number of anilines is 1. The van der Waals surface area contributed by atoms with E-state index in [9.17, 15) is 17.6 Å². The van der Waals surface area contributed by atoms with Crippen LogP contribution in [0.5, 0.6) is 5.75 Å². The van der Waals surface area contributed by atoms with E-state index in [4.69, 9.17) is 4.74 Å². The summed E-state index contributed by atoms with van der Waals surface area (Å²) < 4.78 is 44.6. The molecule has 1 aromatic heterocycles. The molecule has 0 saturated carbocycles. The van der Waals surface area contributed by atoms with Gasteiger partial charge in [-0.15, -0.1) is 0 Å². The number of rotatable bonds is 9. The second-order valence-corrected chi connectivity index (χ2v) is 8.92. The summed E-state index contributed by atoms with van der Waals surface area (Å²) in [6.45, 7) is 2.03. The summed E-state index contributed by atoms with van der Waals surface area (Å²) in [5, 5.41) is 2.63. The molecule has 0 unspecified atom stereocenters. The molecule has 1 amide bonds. The summed E-state index contributed by atoms with van der Waals surface area (Å²) in [7, 11) is -3.38. The Morgan fingerprint density at radius 2 is 1.83 bits per heavy atom. The summed E-state index contributed by atoms with van der Waals surface area (Å²) in [5.74, 6) is 0.460. The van der Waals surface area contributed by atoms with Gasteiger partial charge in [-0.25, -0.2) is 17.8 Å². The van der Waals surface area contributed by atoms with Crippen molar-refractivity contribution in [1.29, 1.82) is 0 Å². The Hall–Kier alpha value is -2.72. The Labute approximate surface area is 175 Å². The quantitative estimate of drug-likeness (QED) is 0.595. The lowest BCUT2D eigenvalue weighted by atomic mass is 10.3. The number of nitrogens with zero attached hydrogens (tertiary/aromatic N) is 3. The van der Waals surface area contributed by atoms with Crippen LogP contribution in [-0.2, 0) is 14.8 Å². The number of sulfonamides is 1. The Kier molecular flexibility index (Phi) is 7.58. The fourth-order valence-electron chi connectivity index (χ4n) is 3.08. The van der Waals surface area contributed by atoms with Crippen LogP contribution in [0, 0.1) is 5.82 Å². The normalized spacial score (nSPS) is 15.0. The summed E-state index contributed by atoms with van der Waals surface area (Å²) >= 11 is 0. The van der Waals surface area contributed by atoms with Gasteiger partial charge >= 0.3 is 0 Å². The van der Waals surface area contributed by atoms with E-state index in [0.29, 0.717) is 38.3 Å². The topological polar surface area (TPSA) is 91.8 Å². The van der Waals surface area contributed by atoms with Gasteiger partial charge in [0.05, 0.1) is 5.75 Å². The molecular formula is C20H25FN4O4S. The number of carbonyl (C=O) groups excluding carboxylic acids is 1. The van der Waals surface area contributed by atoms with Gasteiger partial charge in [0.15, 0.2) is 6.61 Å². The molecular weight excluding hydrogens is 411 g/mol. The molecule has 1 aliphatic heterocycles. The van der Waals surface area contributed by atoms with Gasteiger partial charge < -0.3 is 15.0 Å². The zero-order valence-corrected chi connectivity index (χ0v) is 17.4. The Bertz CT molecular complexity index is 918. The highest BCUT2D eigenvalue weighted by Crippen LogP contribution is 2.15. The van der Waals surface area contributed by atoms with Crippen LogP contribution in [0.4, 0.5) is 10.2 Å². The number of ether oxygens (including phenoxy) is 1. The van der Waals surface area contributed by atoms with Crippen molar-refractivity contribution in [1.82, 2.24) is 14.6 Å². The van der Waals surface area contributed by atoms with Gasteiger partial charge in [0.25, 0.3) is 5.91 Å². The van der Waals surface area contributed by atoms with Gasteiger partial charge in [-0.05, 0) is 42.8 Å². The largest absolute Gasteiger partial charge is 0.484 e. The lowest BCUT2D eigenvalue weighted by molar-refractivity contribution is -0.123. The van der Waals surface area contributed by atoms with Crippen LogP contribution in [0.1, 0.15) is 6.42 Å². The molecule has 0 aliphatic carbocycles. The third-order valence-electron chi connectivity index (χ3n) is 4.69. The van der Waals surface area contributed by atoms with Crippen molar-refractivity contribution >= 4 is 21.7 Å². The standard InChI is InChI=1S/C20H25FN4O4S/c21-17-5-7-18(8-6-17)29-16-20(26)23-10-3-15-30(27,28)25-13-11-24(12-14-25)19-4-1-2-9-22-19/h1-2,4-9H,3,10-16H2,(H,23,26). The molecule has 1 aliphatic rings. The van der Waals surface area contributed by atoms with E-state index in [0.717, 1.165) is 5.82 Å². The van der Waals surface area contributed by atoms with Crippen LogP contribution in [0.25, 0.3) is 0 Å². The maximum absolute atomic E-state index is 12.8. The third kappa shape index (κ3) is 6.39. The molecule has 2 heterocycles. The minimum absolute atomic E-state index is 0.0321. The van der Waals surface area contributed by atoms with E-state index >= 15 is 0 Å². The molecule has 1 N–H and O–H groups in total. The van der Waals surface area contributed by atoms with E-state index in [2.05, 4.69) is 15.2 Å². The van der Waals surface area contributed by atoms with Crippen molar-refractivity contribution < 1.29 is 22.3 Å². The smallest absolute Gasteiger partial charge is 0.257 e. The summed E-state index contributed by atoms with van der Waals surface area (Å²) in [6.07, 6.45) is 2.03. The van der Waals surface area contributed by atoms with Crippen molar-refractivity contribution in [3.8, 4) is 5.75 Å². The lowest BCUT2D eigenvalue weighted by Gasteiger charge is -2.34. The number of halogens is 1. The number of aromatic nitrogens is 1. The fraction of sp³-hybridized carbons (Fsp3) is 0.400. The average Bonchev–Trinajstić information content (AvgIpc) is 2.77. The van der Waals surface area contributed by atoms with E-state index in [-0.39, 0.29) is 30.6 Å².